The van der Waals surface area contributed by atoms with Gasteiger partial charge in [-0.15, -0.1) is 0 Å². The minimum absolute atomic E-state index is 0.0640. The van der Waals surface area contributed by atoms with Crippen LogP contribution in [0.3, 0.4) is 0 Å². The molecule has 1 fully saturated rings. The average molecular weight is 287 g/mol. The van der Waals surface area contributed by atoms with E-state index in [1.165, 1.54) is 4.68 Å². The second-order valence-electron chi connectivity index (χ2n) is 4.58. The summed E-state index contributed by atoms with van der Waals surface area (Å²) in [6.07, 6.45) is 2.51. The molecule has 0 aromatic carbocycles. The maximum absolute atomic E-state index is 12.0. The molecule has 106 valence electrons. The van der Waals surface area contributed by atoms with Crippen molar-refractivity contribution in [1.29, 1.82) is 0 Å². The van der Waals surface area contributed by atoms with E-state index in [-0.39, 0.29) is 22.7 Å². The quantitative estimate of drug-likeness (QED) is 0.834. The van der Waals surface area contributed by atoms with Crippen molar-refractivity contribution in [1.82, 2.24) is 15.1 Å². The fourth-order valence-corrected chi connectivity index (χ4v) is 2.38. The highest BCUT2D eigenvalue weighted by molar-refractivity contribution is 6.32. The Morgan fingerprint density at radius 1 is 1.63 bits per heavy atom. The summed E-state index contributed by atoms with van der Waals surface area (Å²) in [6.45, 7) is 4.12. The summed E-state index contributed by atoms with van der Waals surface area (Å²) in [4.78, 5) is 12.0. The van der Waals surface area contributed by atoms with Crippen LogP contribution in [0.15, 0.2) is 11.0 Å². The molecule has 0 aliphatic carbocycles. The standard InChI is InChI=1S/C12H19ClN4O2/c1-3-4-17-12(18)11(13)9(6-15-17)16-8-5-14-7-10(8)19-2/h6,8,10,14,16H,3-5,7H2,1-2H3/t8?,10-/m0/s1. The first kappa shape index (κ1) is 14.3. The third-order valence-corrected chi connectivity index (χ3v) is 3.59. The van der Waals surface area contributed by atoms with Crippen LogP contribution in [0.2, 0.25) is 5.02 Å². The molecule has 19 heavy (non-hydrogen) atoms. The smallest absolute Gasteiger partial charge is 0.287 e. The van der Waals surface area contributed by atoms with Crippen molar-refractivity contribution in [3.8, 4) is 0 Å². The summed E-state index contributed by atoms with van der Waals surface area (Å²) in [5.74, 6) is 0. The normalized spacial score (nSPS) is 22.7. The van der Waals surface area contributed by atoms with Crippen molar-refractivity contribution in [2.45, 2.75) is 32.0 Å². The van der Waals surface area contributed by atoms with Gasteiger partial charge in [0, 0.05) is 26.7 Å². The molecule has 1 aliphatic heterocycles. The van der Waals surface area contributed by atoms with Crippen LogP contribution >= 0.6 is 11.6 Å². The molecule has 2 heterocycles. The fourth-order valence-electron chi connectivity index (χ4n) is 2.18. The number of nitrogens with one attached hydrogen (secondary N) is 2. The maximum Gasteiger partial charge on any atom is 0.287 e. The van der Waals surface area contributed by atoms with Crippen molar-refractivity contribution < 1.29 is 4.74 Å². The zero-order valence-electron chi connectivity index (χ0n) is 11.1. The third kappa shape index (κ3) is 3.08. The van der Waals surface area contributed by atoms with Gasteiger partial charge in [-0.2, -0.15) is 5.10 Å². The number of hydrogen-bond donors (Lipinski definition) is 2. The molecule has 1 aromatic rings. The number of aryl methyl sites for hydroxylation is 1. The molecule has 0 spiro atoms. The molecule has 0 bridgehead atoms. The van der Waals surface area contributed by atoms with Crippen LogP contribution in [0.1, 0.15) is 13.3 Å². The predicted molar refractivity (Wildman–Crippen MR) is 74.9 cm³/mol. The number of anilines is 1. The van der Waals surface area contributed by atoms with Crippen molar-refractivity contribution in [3.63, 3.8) is 0 Å². The number of aromatic nitrogens is 2. The summed E-state index contributed by atoms with van der Waals surface area (Å²) >= 11 is 6.11. The Balaban J connectivity index is 2.17. The number of nitrogens with zero attached hydrogens (tertiary/aromatic N) is 2. The van der Waals surface area contributed by atoms with Gasteiger partial charge in [0.25, 0.3) is 5.56 Å². The number of methoxy groups -OCH3 is 1. The van der Waals surface area contributed by atoms with Crippen LogP contribution in [-0.4, -0.2) is 42.1 Å². The van der Waals surface area contributed by atoms with E-state index in [0.717, 1.165) is 19.5 Å². The molecule has 1 unspecified atom stereocenters. The van der Waals surface area contributed by atoms with Gasteiger partial charge in [-0.25, -0.2) is 4.68 Å². The lowest BCUT2D eigenvalue weighted by Crippen LogP contribution is -2.35. The molecule has 2 N–H and O–H groups in total. The van der Waals surface area contributed by atoms with Gasteiger partial charge >= 0.3 is 0 Å². The van der Waals surface area contributed by atoms with Crippen LogP contribution in [0.5, 0.6) is 0 Å². The first-order valence-corrected chi connectivity index (χ1v) is 6.80. The monoisotopic (exact) mass is 286 g/mol. The third-order valence-electron chi connectivity index (χ3n) is 3.22. The number of ether oxygens (including phenoxy) is 1. The molecule has 0 radical (unpaired) electrons. The van der Waals surface area contributed by atoms with Crippen molar-refractivity contribution >= 4 is 17.3 Å². The zero-order chi connectivity index (χ0) is 13.8. The van der Waals surface area contributed by atoms with Gasteiger partial charge in [0.05, 0.1) is 24.0 Å². The van der Waals surface area contributed by atoms with Crippen molar-refractivity contribution in [2.24, 2.45) is 0 Å². The van der Waals surface area contributed by atoms with Crippen molar-refractivity contribution in [2.75, 3.05) is 25.5 Å². The fraction of sp³-hybridized carbons (Fsp3) is 0.667. The second kappa shape index (κ2) is 6.36. The Bertz CT molecular complexity index is 491. The van der Waals surface area contributed by atoms with Crippen LogP contribution in [0, 0.1) is 0 Å². The van der Waals surface area contributed by atoms with Gasteiger partial charge in [-0.3, -0.25) is 4.79 Å². The molecule has 1 aliphatic rings. The SMILES string of the molecule is CCCn1ncc(NC2CNC[C@@H]2OC)c(Cl)c1=O. The maximum atomic E-state index is 12.0. The number of hydrogen-bond acceptors (Lipinski definition) is 5. The Kier molecular flexibility index (Phi) is 4.79. The molecule has 7 heteroatoms. The van der Waals surface area contributed by atoms with Gasteiger partial charge in [0.1, 0.15) is 5.02 Å². The lowest BCUT2D eigenvalue weighted by atomic mass is 10.2. The number of rotatable bonds is 5. The lowest BCUT2D eigenvalue weighted by molar-refractivity contribution is 0.111. The minimum Gasteiger partial charge on any atom is -0.378 e. The second-order valence-corrected chi connectivity index (χ2v) is 4.96. The first-order chi connectivity index (χ1) is 9.17. The van der Waals surface area contributed by atoms with E-state index in [2.05, 4.69) is 15.7 Å². The van der Waals surface area contributed by atoms with E-state index in [1.807, 2.05) is 6.92 Å². The summed E-state index contributed by atoms with van der Waals surface area (Å²) in [6, 6.07) is 0.0886. The van der Waals surface area contributed by atoms with Crippen LogP contribution in [0.4, 0.5) is 5.69 Å². The molecule has 2 rings (SSSR count). The van der Waals surface area contributed by atoms with E-state index < -0.39 is 0 Å². The van der Waals surface area contributed by atoms with Gasteiger partial charge in [-0.05, 0) is 6.42 Å². The minimum atomic E-state index is -0.256. The number of halogens is 1. The van der Waals surface area contributed by atoms with E-state index in [1.54, 1.807) is 13.3 Å². The first-order valence-electron chi connectivity index (χ1n) is 6.43. The molecule has 6 nitrogen and oxygen atoms in total. The topological polar surface area (TPSA) is 68.2 Å². The highest BCUT2D eigenvalue weighted by Gasteiger charge is 2.27. The Morgan fingerprint density at radius 2 is 2.42 bits per heavy atom. The van der Waals surface area contributed by atoms with E-state index in [0.29, 0.717) is 12.2 Å². The summed E-state index contributed by atoms with van der Waals surface area (Å²) in [5.41, 5.74) is 0.309. The molecular weight excluding hydrogens is 268 g/mol. The molecule has 1 saturated heterocycles. The molecule has 1 aromatic heterocycles. The summed E-state index contributed by atoms with van der Waals surface area (Å²) in [5, 5.41) is 10.8. The Morgan fingerprint density at radius 3 is 3.11 bits per heavy atom. The molecule has 2 atom stereocenters. The molecular formula is C12H19ClN4O2. The van der Waals surface area contributed by atoms with Crippen LogP contribution in [0.25, 0.3) is 0 Å². The lowest BCUT2D eigenvalue weighted by Gasteiger charge is -2.20. The van der Waals surface area contributed by atoms with Crippen LogP contribution < -0.4 is 16.2 Å². The summed E-state index contributed by atoms with van der Waals surface area (Å²) < 4.78 is 6.74. The Labute approximate surface area is 117 Å². The highest BCUT2D eigenvalue weighted by Crippen LogP contribution is 2.19. The van der Waals surface area contributed by atoms with Gasteiger partial charge in [0.2, 0.25) is 0 Å². The van der Waals surface area contributed by atoms with Gasteiger partial charge in [-0.1, -0.05) is 18.5 Å². The predicted octanol–water partition coefficient (Wildman–Crippen LogP) is 0.705. The highest BCUT2D eigenvalue weighted by atomic mass is 35.5. The van der Waals surface area contributed by atoms with E-state index >= 15 is 0 Å². The van der Waals surface area contributed by atoms with E-state index in [9.17, 15) is 4.79 Å². The zero-order valence-corrected chi connectivity index (χ0v) is 11.9. The van der Waals surface area contributed by atoms with Gasteiger partial charge in [0.15, 0.2) is 0 Å². The summed E-state index contributed by atoms with van der Waals surface area (Å²) in [7, 11) is 1.67. The van der Waals surface area contributed by atoms with Crippen LogP contribution in [-0.2, 0) is 11.3 Å². The Hall–Kier alpha value is -1.11. The molecule has 0 amide bonds. The van der Waals surface area contributed by atoms with Crippen molar-refractivity contribution in [3.05, 3.63) is 21.6 Å². The van der Waals surface area contributed by atoms with Gasteiger partial charge < -0.3 is 15.4 Å². The largest absolute Gasteiger partial charge is 0.378 e. The molecule has 0 saturated carbocycles. The van der Waals surface area contributed by atoms with E-state index in [4.69, 9.17) is 16.3 Å². The average Bonchev–Trinajstić information content (AvgIpc) is 2.86.